The quantitative estimate of drug-likeness (QED) is 0.118. The van der Waals surface area contributed by atoms with Crippen LogP contribution in [0.3, 0.4) is 0 Å². The van der Waals surface area contributed by atoms with Crippen LogP contribution in [0.1, 0.15) is 22.3 Å². The molecular weight excluding hydrogens is 671 g/mol. The van der Waals surface area contributed by atoms with E-state index < -0.39 is 44.6 Å². The van der Waals surface area contributed by atoms with Gasteiger partial charge in [0.25, 0.3) is 0 Å². The molecule has 0 bridgehead atoms. The van der Waals surface area contributed by atoms with Gasteiger partial charge in [-0.25, -0.2) is 0 Å². The molecule has 1 aliphatic carbocycles. The molecule has 5 aromatic rings. The van der Waals surface area contributed by atoms with Crippen molar-refractivity contribution in [1.82, 2.24) is 0 Å². The highest BCUT2D eigenvalue weighted by molar-refractivity contribution is 7.88. The number of benzene rings is 5. The van der Waals surface area contributed by atoms with Crippen LogP contribution in [0, 0.1) is 0 Å². The Morgan fingerprint density at radius 1 is 0.500 bits per heavy atom. The van der Waals surface area contributed by atoms with Crippen LogP contribution in [0.2, 0.25) is 0 Å². The van der Waals surface area contributed by atoms with Crippen LogP contribution in [0.5, 0.6) is 5.75 Å². The summed E-state index contributed by atoms with van der Waals surface area (Å²) in [6, 6.07) is 35.4. The number of rotatable bonds is 8. The molecule has 0 unspecified atom stereocenters. The van der Waals surface area contributed by atoms with E-state index in [0.29, 0.717) is 5.56 Å². The van der Waals surface area contributed by atoms with Gasteiger partial charge in [-0.3, -0.25) is 0 Å². The van der Waals surface area contributed by atoms with E-state index in [-0.39, 0.29) is 11.1 Å². The van der Waals surface area contributed by atoms with Crippen LogP contribution in [0.25, 0.3) is 22.3 Å². The van der Waals surface area contributed by atoms with Gasteiger partial charge in [-0.15, -0.1) is 0 Å². The molecular formula is C35H21F9O3S. The van der Waals surface area contributed by atoms with Gasteiger partial charge < -0.3 is 4.18 Å². The third kappa shape index (κ3) is 4.69. The molecule has 0 saturated heterocycles. The summed E-state index contributed by atoms with van der Waals surface area (Å²) in [6.45, 7) is 0. The monoisotopic (exact) mass is 692 g/mol. The summed E-state index contributed by atoms with van der Waals surface area (Å²) < 4.78 is 152. The van der Waals surface area contributed by atoms with Gasteiger partial charge in [0.05, 0.1) is 5.41 Å². The van der Waals surface area contributed by atoms with Crippen molar-refractivity contribution in [3.8, 4) is 28.0 Å². The van der Waals surface area contributed by atoms with Gasteiger partial charge in [-0.2, -0.15) is 47.9 Å². The third-order valence-corrected chi connectivity index (χ3v) is 9.57. The Balaban J connectivity index is 1.52. The van der Waals surface area contributed by atoms with Crippen molar-refractivity contribution in [3.63, 3.8) is 0 Å². The molecule has 0 spiro atoms. The molecule has 0 saturated carbocycles. The summed E-state index contributed by atoms with van der Waals surface area (Å²) in [4.78, 5) is 0. The second kappa shape index (κ2) is 11.1. The largest absolute Gasteiger partial charge is 0.460 e. The molecule has 5 aromatic carbocycles. The molecule has 0 aliphatic heterocycles. The minimum atomic E-state index is -7.43. The predicted octanol–water partition coefficient (Wildman–Crippen LogP) is 9.85. The van der Waals surface area contributed by atoms with Gasteiger partial charge in [0.1, 0.15) is 0 Å². The number of halogens is 9. The lowest BCUT2D eigenvalue weighted by molar-refractivity contribution is -0.382. The maximum absolute atomic E-state index is 14.6. The molecule has 3 nitrogen and oxygen atoms in total. The third-order valence-electron chi connectivity index (χ3n) is 8.29. The summed E-state index contributed by atoms with van der Waals surface area (Å²) in [5, 5.41) is -7.01. The predicted molar refractivity (Wildman–Crippen MR) is 160 cm³/mol. The highest BCUT2D eigenvalue weighted by Gasteiger charge is 2.86. The second-order valence-corrected chi connectivity index (χ2v) is 12.6. The Bertz CT molecular complexity index is 2060. The van der Waals surface area contributed by atoms with E-state index in [2.05, 4.69) is 4.18 Å². The lowest BCUT2D eigenvalue weighted by atomic mass is 9.67. The van der Waals surface area contributed by atoms with E-state index in [0.717, 1.165) is 39.9 Å². The van der Waals surface area contributed by atoms with Crippen LogP contribution in [-0.2, 0) is 15.5 Å². The lowest BCUT2D eigenvalue weighted by Crippen LogP contribution is -2.63. The standard InChI is InChI=1S/C35H21F9O3S/c36-32(37,34(40,41)42)33(38,39)35(43,44)48(45,46)47-30-18-10-8-15-25(30)22-19-20-27-26-16-7-9-17-28(26)31(29(27)21-22,23-11-3-1-4-12-23)24-13-5-2-6-14-24/h1-21H. The average Bonchev–Trinajstić information content (AvgIpc) is 3.35. The molecule has 48 heavy (non-hydrogen) atoms. The minimum absolute atomic E-state index is 0.138. The molecule has 13 heteroatoms. The molecule has 0 N–H and O–H groups in total. The van der Waals surface area contributed by atoms with Crippen molar-refractivity contribution < 1.29 is 52.1 Å². The summed E-state index contributed by atoms with van der Waals surface area (Å²) >= 11 is 0. The van der Waals surface area contributed by atoms with Crippen LogP contribution in [0.15, 0.2) is 127 Å². The molecule has 0 heterocycles. The van der Waals surface area contributed by atoms with Crippen molar-refractivity contribution in [2.45, 2.75) is 28.7 Å². The van der Waals surface area contributed by atoms with Crippen LogP contribution in [-0.4, -0.2) is 31.7 Å². The number of hydrogen-bond acceptors (Lipinski definition) is 3. The van der Waals surface area contributed by atoms with Crippen molar-refractivity contribution in [2.75, 3.05) is 0 Å². The second-order valence-electron chi connectivity index (χ2n) is 11.0. The SMILES string of the molecule is O=S(=O)(Oc1ccccc1-c1ccc2c(c1)C(c1ccccc1)(c1ccccc1)c1ccccc1-2)C(F)(F)C(F)(F)C(F)(F)C(F)(F)F. The zero-order valence-corrected chi connectivity index (χ0v) is 25.0. The van der Waals surface area contributed by atoms with Gasteiger partial charge in [0.15, 0.2) is 5.75 Å². The Kier molecular flexibility index (Phi) is 7.69. The normalized spacial score (nSPS) is 14.7. The Morgan fingerprint density at radius 3 is 1.54 bits per heavy atom. The van der Waals surface area contributed by atoms with Crippen LogP contribution < -0.4 is 4.18 Å². The zero-order chi connectivity index (χ0) is 34.8. The van der Waals surface area contributed by atoms with Crippen molar-refractivity contribution in [2.24, 2.45) is 0 Å². The first-order chi connectivity index (χ1) is 22.5. The molecule has 0 fully saturated rings. The zero-order valence-electron chi connectivity index (χ0n) is 24.2. The van der Waals surface area contributed by atoms with Crippen molar-refractivity contribution in [3.05, 3.63) is 150 Å². The van der Waals surface area contributed by atoms with E-state index in [1.165, 1.54) is 18.2 Å². The smallest absolute Gasteiger partial charge is 0.377 e. The van der Waals surface area contributed by atoms with Crippen LogP contribution >= 0.6 is 0 Å². The van der Waals surface area contributed by atoms with Crippen molar-refractivity contribution >= 4 is 10.1 Å². The number of fused-ring (bicyclic) bond motifs is 3. The van der Waals surface area contributed by atoms with Gasteiger partial charge in [0, 0.05) is 5.56 Å². The average molecular weight is 693 g/mol. The van der Waals surface area contributed by atoms with E-state index in [1.807, 2.05) is 84.9 Å². The Hall–Kier alpha value is -4.78. The maximum atomic E-state index is 14.6. The minimum Gasteiger partial charge on any atom is -0.377 e. The van der Waals surface area contributed by atoms with Gasteiger partial charge in [0.2, 0.25) is 0 Å². The van der Waals surface area contributed by atoms with E-state index in [4.69, 9.17) is 0 Å². The number of hydrogen-bond donors (Lipinski definition) is 0. The van der Waals surface area contributed by atoms with Gasteiger partial charge >= 0.3 is 33.4 Å². The first kappa shape index (κ1) is 33.1. The number of para-hydroxylation sites is 1. The fraction of sp³-hybridized carbons (Fsp3) is 0.143. The lowest BCUT2D eigenvalue weighted by Gasteiger charge is -2.34. The van der Waals surface area contributed by atoms with Crippen molar-refractivity contribution in [1.29, 1.82) is 0 Å². The first-order valence-corrected chi connectivity index (χ1v) is 15.5. The Morgan fingerprint density at radius 2 is 0.979 bits per heavy atom. The molecule has 6 rings (SSSR count). The molecule has 0 aromatic heterocycles. The fourth-order valence-electron chi connectivity index (χ4n) is 6.08. The molecule has 0 amide bonds. The fourth-order valence-corrected chi connectivity index (χ4v) is 7.01. The molecule has 0 radical (unpaired) electrons. The summed E-state index contributed by atoms with van der Waals surface area (Å²) in [5.74, 6) is -15.9. The first-order valence-electron chi connectivity index (χ1n) is 14.1. The van der Waals surface area contributed by atoms with Gasteiger partial charge in [-0.05, 0) is 51.1 Å². The summed E-state index contributed by atoms with van der Waals surface area (Å²) in [6.07, 6.45) is -7.21. The highest BCUT2D eigenvalue weighted by Crippen LogP contribution is 2.58. The molecule has 1 aliphatic rings. The van der Waals surface area contributed by atoms with Gasteiger partial charge in [-0.1, -0.05) is 115 Å². The topological polar surface area (TPSA) is 43.4 Å². The summed E-state index contributed by atoms with van der Waals surface area (Å²) in [7, 11) is -7.17. The van der Waals surface area contributed by atoms with E-state index in [9.17, 15) is 47.9 Å². The van der Waals surface area contributed by atoms with Crippen LogP contribution in [0.4, 0.5) is 39.5 Å². The maximum Gasteiger partial charge on any atom is 0.460 e. The van der Waals surface area contributed by atoms with E-state index >= 15 is 0 Å². The molecule has 248 valence electrons. The number of alkyl halides is 9. The molecule has 0 atom stereocenters. The Labute approximate surface area is 268 Å². The summed E-state index contributed by atoms with van der Waals surface area (Å²) in [5.41, 5.74) is 3.74. The van der Waals surface area contributed by atoms with E-state index in [1.54, 1.807) is 12.1 Å². The highest BCUT2D eigenvalue weighted by atomic mass is 32.2.